The molecule has 0 aromatic rings. The molecule has 0 aromatic heterocycles. The van der Waals surface area contributed by atoms with E-state index in [1.165, 1.54) is 4.90 Å². The highest BCUT2D eigenvalue weighted by Gasteiger charge is 2.21. The van der Waals surface area contributed by atoms with Crippen molar-refractivity contribution in [2.45, 2.75) is 26.7 Å². The molecule has 1 unspecified atom stereocenters. The normalized spacial score (nSPS) is 15.8. The third-order valence-corrected chi connectivity index (χ3v) is 3.43. The first-order valence-electron chi connectivity index (χ1n) is 6.99. The van der Waals surface area contributed by atoms with Gasteiger partial charge >= 0.3 is 12.0 Å². The van der Waals surface area contributed by atoms with Gasteiger partial charge < -0.3 is 20.2 Å². The smallest absolute Gasteiger partial charge is 0.317 e. The lowest BCUT2D eigenvalue weighted by Gasteiger charge is -2.24. The third kappa shape index (κ3) is 4.71. The van der Waals surface area contributed by atoms with Crippen LogP contribution in [0.2, 0.25) is 0 Å². The largest absolute Gasteiger partial charge is 0.481 e. The Morgan fingerprint density at radius 1 is 1.30 bits per heavy atom. The third-order valence-electron chi connectivity index (χ3n) is 3.43. The Morgan fingerprint density at radius 3 is 2.40 bits per heavy atom. The summed E-state index contributed by atoms with van der Waals surface area (Å²) in [6, 6.07) is -0.395. The first-order valence-corrected chi connectivity index (χ1v) is 6.99. The summed E-state index contributed by atoms with van der Waals surface area (Å²) in [7, 11) is 0. The van der Waals surface area contributed by atoms with E-state index in [1.807, 2.05) is 0 Å². The molecule has 1 heterocycles. The van der Waals surface area contributed by atoms with Crippen molar-refractivity contribution < 1.29 is 19.5 Å². The minimum absolute atomic E-state index is 0.0310. The van der Waals surface area contributed by atoms with E-state index in [2.05, 4.69) is 5.32 Å². The van der Waals surface area contributed by atoms with Gasteiger partial charge in [0.25, 0.3) is 0 Å². The van der Waals surface area contributed by atoms with Crippen LogP contribution in [-0.2, 0) is 9.59 Å². The van der Waals surface area contributed by atoms with Crippen LogP contribution in [0, 0.1) is 5.92 Å². The number of carboxylic acids is 1. The Kier molecular flexibility index (Phi) is 6.27. The molecule has 1 fully saturated rings. The quantitative estimate of drug-likeness (QED) is 0.737. The lowest BCUT2D eigenvalue weighted by Crippen LogP contribution is -2.46. The average molecular weight is 285 g/mol. The van der Waals surface area contributed by atoms with Crippen LogP contribution in [0.3, 0.4) is 0 Å². The lowest BCUT2D eigenvalue weighted by molar-refractivity contribution is -0.141. The van der Waals surface area contributed by atoms with Gasteiger partial charge in [0.2, 0.25) is 5.91 Å². The van der Waals surface area contributed by atoms with Crippen molar-refractivity contribution in [2.24, 2.45) is 5.92 Å². The van der Waals surface area contributed by atoms with Gasteiger partial charge in [0.15, 0.2) is 0 Å². The summed E-state index contributed by atoms with van der Waals surface area (Å²) in [5.41, 5.74) is 0. The highest BCUT2D eigenvalue weighted by molar-refractivity contribution is 5.84. The number of carbonyl (C=O) groups excluding carboxylic acids is 2. The number of amides is 3. The zero-order chi connectivity index (χ0) is 15.1. The van der Waals surface area contributed by atoms with Crippen LogP contribution in [0.4, 0.5) is 4.79 Å². The Balaban J connectivity index is 2.38. The van der Waals surface area contributed by atoms with Crippen molar-refractivity contribution in [2.75, 3.05) is 32.7 Å². The van der Waals surface area contributed by atoms with E-state index in [4.69, 9.17) is 5.11 Å². The van der Waals surface area contributed by atoms with Gasteiger partial charge in [-0.15, -0.1) is 0 Å². The van der Waals surface area contributed by atoms with Crippen molar-refractivity contribution >= 4 is 17.9 Å². The summed E-state index contributed by atoms with van der Waals surface area (Å²) in [4.78, 5) is 37.6. The highest BCUT2D eigenvalue weighted by Crippen LogP contribution is 2.07. The second kappa shape index (κ2) is 7.72. The molecule has 1 aliphatic rings. The zero-order valence-electron chi connectivity index (χ0n) is 12.1. The second-order valence-corrected chi connectivity index (χ2v) is 5.02. The SMILES string of the molecule is CCN(CC(C)C(=O)O)C(=O)NCC(=O)N1CCCC1. The number of hydrogen-bond acceptors (Lipinski definition) is 3. The molecule has 0 aliphatic carbocycles. The van der Waals surface area contributed by atoms with E-state index in [0.717, 1.165) is 25.9 Å². The number of carboxylic acid groups (broad SMARTS) is 1. The molecule has 7 heteroatoms. The predicted molar refractivity (Wildman–Crippen MR) is 73.3 cm³/mol. The second-order valence-electron chi connectivity index (χ2n) is 5.02. The van der Waals surface area contributed by atoms with Gasteiger partial charge in [-0.3, -0.25) is 9.59 Å². The first-order chi connectivity index (χ1) is 9.45. The number of aliphatic carboxylic acids is 1. The molecule has 0 bridgehead atoms. The summed E-state index contributed by atoms with van der Waals surface area (Å²) < 4.78 is 0. The number of nitrogens with one attached hydrogen (secondary N) is 1. The molecule has 1 saturated heterocycles. The van der Waals surface area contributed by atoms with Crippen molar-refractivity contribution in [3.05, 3.63) is 0 Å². The molecule has 2 N–H and O–H groups in total. The van der Waals surface area contributed by atoms with E-state index < -0.39 is 17.9 Å². The number of carbonyl (C=O) groups is 3. The van der Waals surface area contributed by atoms with Crippen LogP contribution in [0.15, 0.2) is 0 Å². The fourth-order valence-corrected chi connectivity index (χ4v) is 2.11. The fourth-order valence-electron chi connectivity index (χ4n) is 2.11. The van der Waals surface area contributed by atoms with E-state index in [-0.39, 0.29) is 19.0 Å². The van der Waals surface area contributed by atoms with Crippen molar-refractivity contribution in [3.8, 4) is 0 Å². The maximum absolute atomic E-state index is 11.9. The molecule has 0 aromatic carbocycles. The number of likely N-dealkylation sites (tertiary alicyclic amines) is 1. The standard InChI is InChI=1S/C13H23N3O4/c1-3-15(9-10(2)12(18)19)13(20)14-8-11(17)16-6-4-5-7-16/h10H,3-9H2,1-2H3,(H,14,20)(H,18,19). The number of hydrogen-bond donors (Lipinski definition) is 2. The van der Waals surface area contributed by atoms with E-state index in [1.54, 1.807) is 18.7 Å². The molecule has 0 radical (unpaired) electrons. The molecule has 0 spiro atoms. The molecule has 114 valence electrons. The zero-order valence-corrected chi connectivity index (χ0v) is 12.1. The van der Waals surface area contributed by atoms with Gasteiger partial charge in [0.1, 0.15) is 0 Å². The Bertz CT molecular complexity index is 367. The van der Waals surface area contributed by atoms with Crippen molar-refractivity contribution in [1.82, 2.24) is 15.1 Å². The molecular formula is C13H23N3O4. The summed E-state index contributed by atoms with van der Waals surface area (Å²) >= 11 is 0. The minimum Gasteiger partial charge on any atom is -0.481 e. The average Bonchev–Trinajstić information content (AvgIpc) is 2.95. The van der Waals surface area contributed by atoms with Crippen LogP contribution in [-0.4, -0.2) is 65.5 Å². The molecule has 3 amide bonds. The Morgan fingerprint density at radius 2 is 1.90 bits per heavy atom. The number of nitrogens with zero attached hydrogens (tertiary/aromatic N) is 2. The summed E-state index contributed by atoms with van der Waals surface area (Å²) in [6.07, 6.45) is 2.02. The van der Waals surface area contributed by atoms with E-state index in [9.17, 15) is 14.4 Å². The monoisotopic (exact) mass is 285 g/mol. The number of urea groups is 1. The van der Waals surface area contributed by atoms with Crippen LogP contribution >= 0.6 is 0 Å². The maximum atomic E-state index is 11.9. The Hall–Kier alpha value is -1.79. The molecule has 20 heavy (non-hydrogen) atoms. The Labute approximate surface area is 118 Å². The van der Waals surface area contributed by atoms with E-state index in [0.29, 0.717) is 6.54 Å². The summed E-state index contributed by atoms with van der Waals surface area (Å²) in [5.74, 6) is -1.66. The molecule has 0 saturated carbocycles. The van der Waals surface area contributed by atoms with E-state index >= 15 is 0 Å². The summed E-state index contributed by atoms with van der Waals surface area (Å²) in [6.45, 7) is 5.34. The van der Waals surface area contributed by atoms with Gasteiger partial charge in [-0.05, 0) is 19.8 Å². The molecular weight excluding hydrogens is 262 g/mol. The maximum Gasteiger partial charge on any atom is 0.317 e. The van der Waals surface area contributed by atoms with Gasteiger partial charge in [0, 0.05) is 26.2 Å². The van der Waals surface area contributed by atoms with Crippen LogP contribution in [0.25, 0.3) is 0 Å². The lowest BCUT2D eigenvalue weighted by atomic mass is 10.2. The predicted octanol–water partition coefficient (Wildman–Crippen LogP) is 0.361. The topological polar surface area (TPSA) is 90.0 Å². The van der Waals surface area contributed by atoms with Crippen molar-refractivity contribution in [1.29, 1.82) is 0 Å². The molecule has 1 aliphatic heterocycles. The highest BCUT2D eigenvalue weighted by atomic mass is 16.4. The molecule has 1 rings (SSSR count). The van der Waals surface area contributed by atoms with Crippen LogP contribution in [0.1, 0.15) is 26.7 Å². The molecule has 1 atom stereocenters. The van der Waals surface area contributed by atoms with Gasteiger partial charge in [0.05, 0.1) is 12.5 Å². The van der Waals surface area contributed by atoms with Gasteiger partial charge in [-0.2, -0.15) is 0 Å². The van der Waals surface area contributed by atoms with Crippen LogP contribution in [0.5, 0.6) is 0 Å². The number of rotatable bonds is 6. The van der Waals surface area contributed by atoms with Gasteiger partial charge in [-0.1, -0.05) is 6.92 Å². The van der Waals surface area contributed by atoms with Gasteiger partial charge in [-0.25, -0.2) is 4.79 Å². The molecule has 7 nitrogen and oxygen atoms in total. The van der Waals surface area contributed by atoms with Crippen molar-refractivity contribution in [3.63, 3.8) is 0 Å². The summed E-state index contributed by atoms with van der Waals surface area (Å²) in [5, 5.41) is 11.4. The first kappa shape index (κ1) is 16.3. The van der Waals surface area contributed by atoms with Crippen LogP contribution < -0.4 is 5.32 Å². The fraction of sp³-hybridized carbons (Fsp3) is 0.769. The minimum atomic E-state index is -0.940.